The van der Waals surface area contributed by atoms with Crippen LogP contribution in [0.15, 0.2) is 57.7 Å². The van der Waals surface area contributed by atoms with E-state index in [-0.39, 0.29) is 19.1 Å². The van der Waals surface area contributed by atoms with Gasteiger partial charge in [0.2, 0.25) is 5.91 Å². The number of para-hydroxylation sites is 2. The van der Waals surface area contributed by atoms with Gasteiger partial charge in [0, 0.05) is 35.7 Å². The number of fused-ring (bicyclic) bond motifs is 1. The second-order valence-electron chi connectivity index (χ2n) is 6.11. The molecule has 0 fully saturated rings. The van der Waals surface area contributed by atoms with Gasteiger partial charge in [-0.15, -0.1) is 0 Å². The molecule has 0 spiro atoms. The van der Waals surface area contributed by atoms with Gasteiger partial charge in [0.1, 0.15) is 17.9 Å². The Balaban J connectivity index is 1.86. The van der Waals surface area contributed by atoms with E-state index < -0.39 is 11.7 Å². The summed E-state index contributed by atoms with van der Waals surface area (Å²) in [5.41, 5.74) is 1.35. The Morgan fingerprint density at radius 3 is 2.62 bits per heavy atom. The number of carbonyl (C=O) groups excluding carboxylic acids is 2. The average Bonchev–Trinajstić information content (AvgIpc) is 2.66. The smallest absolute Gasteiger partial charge is 0.411 e. The van der Waals surface area contributed by atoms with Crippen molar-refractivity contribution in [2.75, 3.05) is 17.2 Å². The molecule has 0 aliphatic rings. The van der Waals surface area contributed by atoms with Crippen LogP contribution >= 0.6 is 0 Å². The minimum atomic E-state index is -0.594. The Labute approximate surface area is 166 Å². The van der Waals surface area contributed by atoms with Crippen molar-refractivity contribution in [3.63, 3.8) is 0 Å². The minimum Gasteiger partial charge on any atom is -0.487 e. The van der Waals surface area contributed by atoms with Crippen LogP contribution in [0.2, 0.25) is 0 Å². The summed E-state index contributed by atoms with van der Waals surface area (Å²) in [5.74, 6) is 0.262. The van der Waals surface area contributed by atoms with Gasteiger partial charge in [-0.05, 0) is 31.2 Å². The van der Waals surface area contributed by atoms with E-state index in [1.165, 1.54) is 13.0 Å². The quantitative estimate of drug-likeness (QED) is 0.612. The van der Waals surface area contributed by atoms with Crippen LogP contribution in [0, 0.1) is 0 Å². The number of carbonyl (C=O) groups is 2. The first-order chi connectivity index (χ1) is 14.0. The highest BCUT2D eigenvalue weighted by molar-refractivity contribution is 5.91. The normalized spacial score (nSPS) is 10.4. The van der Waals surface area contributed by atoms with Crippen LogP contribution in [0.4, 0.5) is 16.2 Å². The SMILES string of the molecule is CCOC(=O)Nc1ccc2c(COc3ccccc3NC(C)=O)cc(=O)oc2c1. The van der Waals surface area contributed by atoms with Gasteiger partial charge in [0.15, 0.2) is 0 Å². The highest BCUT2D eigenvalue weighted by atomic mass is 16.5. The Bertz CT molecular complexity index is 1110. The molecule has 0 saturated heterocycles. The minimum absolute atomic E-state index is 0.0867. The number of ether oxygens (including phenoxy) is 2. The lowest BCUT2D eigenvalue weighted by atomic mass is 10.1. The summed E-state index contributed by atoms with van der Waals surface area (Å²) >= 11 is 0. The molecule has 150 valence electrons. The van der Waals surface area contributed by atoms with Crippen LogP contribution < -0.4 is 21.0 Å². The van der Waals surface area contributed by atoms with Gasteiger partial charge in [-0.3, -0.25) is 10.1 Å². The van der Waals surface area contributed by atoms with E-state index in [9.17, 15) is 14.4 Å². The first-order valence-electron chi connectivity index (χ1n) is 8.96. The zero-order valence-electron chi connectivity index (χ0n) is 16.0. The van der Waals surface area contributed by atoms with Crippen LogP contribution in [0.1, 0.15) is 19.4 Å². The summed E-state index contributed by atoms with van der Waals surface area (Å²) in [6, 6.07) is 13.3. The van der Waals surface area contributed by atoms with Crippen molar-refractivity contribution in [2.24, 2.45) is 0 Å². The van der Waals surface area contributed by atoms with Gasteiger partial charge in [-0.1, -0.05) is 12.1 Å². The molecule has 2 N–H and O–H groups in total. The van der Waals surface area contributed by atoms with Gasteiger partial charge in [0.05, 0.1) is 12.3 Å². The Morgan fingerprint density at radius 2 is 1.86 bits per heavy atom. The van der Waals surface area contributed by atoms with E-state index in [0.29, 0.717) is 33.7 Å². The molecule has 1 aromatic heterocycles. The predicted molar refractivity (Wildman–Crippen MR) is 108 cm³/mol. The van der Waals surface area contributed by atoms with E-state index in [1.807, 2.05) is 0 Å². The molecule has 2 amide bonds. The van der Waals surface area contributed by atoms with Crippen molar-refractivity contribution < 1.29 is 23.5 Å². The van der Waals surface area contributed by atoms with Crippen LogP contribution in [-0.2, 0) is 16.1 Å². The number of nitrogens with one attached hydrogen (secondary N) is 2. The molecule has 0 bridgehead atoms. The van der Waals surface area contributed by atoms with Crippen molar-refractivity contribution >= 4 is 34.3 Å². The number of rotatable bonds is 6. The van der Waals surface area contributed by atoms with E-state index >= 15 is 0 Å². The third-order valence-corrected chi connectivity index (χ3v) is 3.93. The van der Waals surface area contributed by atoms with Crippen LogP contribution in [0.3, 0.4) is 0 Å². The molecule has 0 aliphatic heterocycles. The lowest BCUT2D eigenvalue weighted by Crippen LogP contribution is -2.13. The molecule has 29 heavy (non-hydrogen) atoms. The van der Waals surface area contributed by atoms with Gasteiger partial charge < -0.3 is 19.2 Å². The Morgan fingerprint density at radius 1 is 1.07 bits per heavy atom. The number of hydrogen-bond donors (Lipinski definition) is 2. The van der Waals surface area contributed by atoms with Crippen molar-refractivity contribution in [3.05, 3.63) is 64.5 Å². The molecule has 0 aliphatic carbocycles. The largest absolute Gasteiger partial charge is 0.487 e. The highest BCUT2D eigenvalue weighted by Crippen LogP contribution is 2.27. The van der Waals surface area contributed by atoms with E-state index in [2.05, 4.69) is 10.6 Å². The molecule has 0 unspecified atom stereocenters. The molecule has 0 saturated carbocycles. The van der Waals surface area contributed by atoms with E-state index in [1.54, 1.807) is 49.4 Å². The second kappa shape index (κ2) is 8.92. The first kappa shape index (κ1) is 19.9. The van der Waals surface area contributed by atoms with E-state index in [0.717, 1.165) is 0 Å². The lowest BCUT2D eigenvalue weighted by Gasteiger charge is -2.13. The van der Waals surface area contributed by atoms with Gasteiger partial charge in [-0.25, -0.2) is 9.59 Å². The fourth-order valence-corrected chi connectivity index (χ4v) is 2.75. The number of anilines is 2. The van der Waals surface area contributed by atoms with Crippen LogP contribution in [0.25, 0.3) is 11.0 Å². The van der Waals surface area contributed by atoms with Gasteiger partial charge in [-0.2, -0.15) is 0 Å². The number of benzene rings is 2. The number of hydrogen-bond acceptors (Lipinski definition) is 6. The number of amides is 2. The highest BCUT2D eigenvalue weighted by Gasteiger charge is 2.11. The van der Waals surface area contributed by atoms with Crippen molar-refractivity contribution in [1.29, 1.82) is 0 Å². The van der Waals surface area contributed by atoms with E-state index in [4.69, 9.17) is 13.9 Å². The van der Waals surface area contributed by atoms with Gasteiger partial charge in [0.25, 0.3) is 0 Å². The third kappa shape index (κ3) is 5.13. The predicted octanol–water partition coefficient (Wildman–Crippen LogP) is 3.90. The van der Waals surface area contributed by atoms with Crippen LogP contribution in [0.5, 0.6) is 5.75 Å². The zero-order valence-corrected chi connectivity index (χ0v) is 16.0. The molecular formula is C21H20N2O6. The molecule has 8 nitrogen and oxygen atoms in total. The summed E-state index contributed by atoms with van der Waals surface area (Å²) in [7, 11) is 0. The average molecular weight is 396 g/mol. The fourth-order valence-electron chi connectivity index (χ4n) is 2.75. The summed E-state index contributed by atoms with van der Waals surface area (Å²) in [6.07, 6.45) is -0.594. The third-order valence-electron chi connectivity index (χ3n) is 3.93. The Kier molecular flexibility index (Phi) is 6.13. The summed E-state index contributed by atoms with van der Waals surface area (Å²) in [5, 5.41) is 5.92. The maximum Gasteiger partial charge on any atom is 0.411 e. The first-order valence-corrected chi connectivity index (χ1v) is 8.96. The molecule has 3 aromatic rings. The standard InChI is InChI=1S/C21H20N2O6/c1-3-27-21(26)23-15-8-9-16-14(10-20(25)29-19(16)11-15)12-28-18-7-5-4-6-17(18)22-13(2)24/h4-11H,3,12H2,1-2H3,(H,22,24)(H,23,26). The molecule has 2 aromatic carbocycles. The van der Waals surface area contributed by atoms with Crippen LogP contribution in [-0.4, -0.2) is 18.6 Å². The second-order valence-corrected chi connectivity index (χ2v) is 6.11. The molecule has 8 heteroatoms. The summed E-state index contributed by atoms with van der Waals surface area (Å²) in [4.78, 5) is 34.9. The maximum atomic E-state index is 12.0. The van der Waals surface area contributed by atoms with Gasteiger partial charge >= 0.3 is 11.7 Å². The van der Waals surface area contributed by atoms with Crippen molar-refractivity contribution in [3.8, 4) is 5.75 Å². The molecular weight excluding hydrogens is 376 g/mol. The molecule has 1 heterocycles. The Hall–Kier alpha value is -3.81. The van der Waals surface area contributed by atoms with Crippen molar-refractivity contribution in [2.45, 2.75) is 20.5 Å². The van der Waals surface area contributed by atoms with Crippen molar-refractivity contribution in [1.82, 2.24) is 0 Å². The molecule has 0 atom stereocenters. The fraction of sp³-hybridized carbons (Fsp3) is 0.190. The zero-order chi connectivity index (χ0) is 20.8. The molecule has 0 radical (unpaired) electrons. The topological polar surface area (TPSA) is 107 Å². The maximum absolute atomic E-state index is 12.0. The lowest BCUT2D eigenvalue weighted by molar-refractivity contribution is -0.114. The summed E-state index contributed by atoms with van der Waals surface area (Å²) in [6.45, 7) is 3.45. The summed E-state index contributed by atoms with van der Waals surface area (Å²) < 4.78 is 15.9. The monoisotopic (exact) mass is 396 g/mol. The molecule has 3 rings (SSSR count).